The summed E-state index contributed by atoms with van der Waals surface area (Å²) in [7, 11) is 1.68. The van der Waals surface area contributed by atoms with Crippen LogP contribution in [0.2, 0.25) is 5.15 Å². The van der Waals surface area contributed by atoms with Crippen LogP contribution >= 0.6 is 11.6 Å². The highest BCUT2D eigenvalue weighted by Gasteiger charge is 2.23. The van der Waals surface area contributed by atoms with Crippen molar-refractivity contribution in [1.82, 2.24) is 14.7 Å². The monoisotopic (exact) mass is 265 g/mol. The molecule has 18 heavy (non-hydrogen) atoms. The van der Waals surface area contributed by atoms with Gasteiger partial charge in [0.2, 0.25) is 0 Å². The van der Waals surface area contributed by atoms with Crippen LogP contribution in [0.3, 0.4) is 0 Å². The van der Waals surface area contributed by atoms with E-state index in [1.54, 1.807) is 7.11 Å². The van der Waals surface area contributed by atoms with Crippen LogP contribution in [-0.4, -0.2) is 29.6 Å². The van der Waals surface area contributed by atoms with Gasteiger partial charge >= 0.3 is 0 Å². The van der Waals surface area contributed by atoms with Gasteiger partial charge in [0.15, 0.2) is 11.0 Å². The number of imidazole rings is 1. The van der Waals surface area contributed by atoms with E-state index < -0.39 is 0 Å². The van der Waals surface area contributed by atoms with Crippen molar-refractivity contribution < 1.29 is 4.74 Å². The first kappa shape index (κ1) is 11.8. The number of ether oxygens (including phenoxy) is 1. The van der Waals surface area contributed by atoms with E-state index in [1.165, 1.54) is 0 Å². The van der Waals surface area contributed by atoms with E-state index in [4.69, 9.17) is 16.3 Å². The number of nitrogens with one attached hydrogen (secondary N) is 1. The lowest BCUT2D eigenvalue weighted by molar-refractivity contribution is 0.381. The number of aromatic nitrogens is 2. The van der Waals surface area contributed by atoms with E-state index in [2.05, 4.69) is 10.3 Å². The fraction of sp³-hybridized carbons (Fsp3) is 0.462. The Labute approximate surface area is 111 Å². The molecule has 4 nitrogen and oxygen atoms in total. The summed E-state index contributed by atoms with van der Waals surface area (Å²) >= 11 is 6.22. The highest BCUT2D eigenvalue weighted by Crippen LogP contribution is 2.31. The lowest BCUT2D eigenvalue weighted by atomic mass is 9.97. The predicted molar refractivity (Wildman–Crippen MR) is 71.6 cm³/mol. The van der Waals surface area contributed by atoms with E-state index in [0.717, 1.165) is 43.2 Å². The lowest BCUT2D eigenvalue weighted by Crippen LogP contribution is -2.27. The Morgan fingerprint density at radius 2 is 2.17 bits per heavy atom. The number of piperidine rings is 1. The Bertz CT molecular complexity index is 561. The number of rotatable bonds is 2. The molecule has 1 saturated heterocycles. The van der Waals surface area contributed by atoms with Crippen molar-refractivity contribution in [2.45, 2.75) is 18.8 Å². The standard InChI is InChI=1S/C13H16ClN3O/c1-18-11-4-2-3-10-12(14)16-13(17(10)11)9-5-7-15-8-6-9/h2-4,9,15H,5-8H2,1H3. The Morgan fingerprint density at radius 3 is 2.89 bits per heavy atom. The molecule has 3 rings (SSSR count). The van der Waals surface area contributed by atoms with E-state index in [-0.39, 0.29) is 0 Å². The molecule has 1 aliphatic rings. The first-order valence-corrected chi connectivity index (χ1v) is 6.60. The van der Waals surface area contributed by atoms with Gasteiger partial charge in [-0.25, -0.2) is 4.98 Å². The molecule has 0 saturated carbocycles. The number of fused-ring (bicyclic) bond motifs is 1. The van der Waals surface area contributed by atoms with Crippen LogP contribution in [0.5, 0.6) is 5.88 Å². The van der Waals surface area contributed by atoms with Crippen molar-refractivity contribution in [1.29, 1.82) is 0 Å². The minimum Gasteiger partial charge on any atom is -0.482 e. The maximum atomic E-state index is 6.22. The van der Waals surface area contributed by atoms with E-state index in [9.17, 15) is 0 Å². The van der Waals surface area contributed by atoms with Gasteiger partial charge in [0.05, 0.1) is 12.6 Å². The molecule has 2 aromatic heterocycles. The van der Waals surface area contributed by atoms with Crippen molar-refractivity contribution in [3.05, 3.63) is 29.2 Å². The summed E-state index contributed by atoms with van der Waals surface area (Å²) < 4.78 is 7.46. The third-order valence-electron chi connectivity index (χ3n) is 3.52. The van der Waals surface area contributed by atoms with Crippen molar-refractivity contribution in [3.63, 3.8) is 0 Å². The predicted octanol–water partition coefficient (Wildman–Crippen LogP) is 2.46. The summed E-state index contributed by atoms with van der Waals surface area (Å²) in [6, 6.07) is 5.85. The maximum absolute atomic E-state index is 6.22. The SMILES string of the molecule is COc1cccc2c(Cl)nc(C3CCNCC3)n12. The second kappa shape index (κ2) is 4.78. The number of pyridine rings is 1. The van der Waals surface area contributed by atoms with Gasteiger partial charge in [-0.2, -0.15) is 0 Å². The summed E-state index contributed by atoms with van der Waals surface area (Å²) in [5, 5.41) is 3.92. The zero-order valence-electron chi connectivity index (χ0n) is 10.3. The van der Waals surface area contributed by atoms with Gasteiger partial charge in [0.25, 0.3) is 0 Å². The number of methoxy groups -OCH3 is 1. The van der Waals surface area contributed by atoms with Gasteiger partial charge in [-0.3, -0.25) is 4.40 Å². The number of halogens is 1. The van der Waals surface area contributed by atoms with Crippen molar-refractivity contribution >= 4 is 17.1 Å². The van der Waals surface area contributed by atoms with Crippen molar-refractivity contribution in [2.75, 3.05) is 20.2 Å². The van der Waals surface area contributed by atoms with Crippen LogP contribution in [0.4, 0.5) is 0 Å². The minimum absolute atomic E-state index is 0.447. The first-order valence-electron chi connectivity index (χ1n) is 6.23. The van der Waals surface area contributed by atoms with Crippen LogP contribution in [-0.2, 0) is 0 Å². The lowest BCUT2D eigenvalue weighted by Gasteiger charge is -2.22. The van der Waals surface area contributed by atoms with Crippen LogP contribution in [0.25, 0.3) is 5.52 Å². The minimum atomic E-state index is 0.447. The fourth-order valence-corrected chi connectivity index (χ4v) is 2.84. The Morgan fingerprint density at radius 1 is 1.39 bits per heavy atom. The smallest absolute Gasteiger partial charge is 0.199 e. The molecule has 0 aliphatic carbocycles. The molecule has 5 heteroatoms. The highest BCUT2D eigenvalue weighted by molar-refractivity contribution is 6.32. The van der Waals surface area contributed by atoms with E-state index >= 15 is 0 Å². The first-order chi connectivity index (χ1) is 8.81. The molecule has 0 aromatic carbocycles. The van der Waals surface area contributed by atoms with Crippen molar-refractivity contribution in [3.8, 4) is 5.88 Å². The molecule has 0 bridgehead atoms. The third kappa shape index (κ3) is 1.85. The summed E-state index contributed by atoms with van der Waals surface area (Å²) in [4.78, 5) is 4.54. The molecule has 0 spiro atoms. The molecule has 1 N–H and O–H groups in total. The average Bonchev–Trinajstić information content (AvgIpc) is 2.77. The molecule has 1 fully saturated rings. The molecule has 2 aromatic rings. The van der Waals surface area contributed by atoms with Gasteiger partial charge in [0.1, 0.15) is 5.82 Å². The highest BCUT2D eigenvalue weighted by atomic mass is 35.5. The second-order valence-corrected chi connectivity index (χ2v) is 4.93. The second-order valence-electron chi connectivity index (χ2n) is 4.57. The zero-order chi connectivity index (χ0) is 12.5. The van der Waals surface area contributed by atoms with Gasteiger partial charge < -0.3 is 10.1 Å². The molecule has 0 radical (unpaired) electrons. The molecule has 0 atom stereocenters. The van der Waals surface area contributed by atoms with E-state index in [1.807, 2.05) is 22.6 Å². The molecular formula is C13H16ClN3O. The quantitative estimate of drug-likeness (QED) is 0.907. The Balaban J connectivity index is 2.15. The Kier molecular flexibility index (Phi) is 3.14. The van der Waals surface area contributed by atoms with Gasteiger partial charge in [-0.05, 0) is 38.1 Å². The normalized spacial score (nSPS) is 17.2. The molecular weight excluding hydrogens is 250 g/mol. The largest absolute Gasteiger partial charge is 0.482 e. The van der Waals surface area contributed by atoms with Crippen molar-refractivity contribution in [2.24, 2.45) is 0 Å². The number of nitrogens with zero attached hydrogens (tertiary/aromatic N) is 2. The molecule has 3 heterocycles. The molecule has 1 aliphatic heterocycles. The maximum Gasteiger partial charge on any atom is 0.199 e. The van der Waals surface area contributed by atoms with Crippen LogP contribution in [0, 0.1) is 0 Å². The summed E-state index contributed by atoms with van der Waals surface area (Å²) in [6.07, 6.45) is 2.18. The average molecular weight is 266 g/mol. The summed E-state index contributed by atoms with van der Waals surface area (Å²) in [5.74, 6) is 2.26. The summed E-state index contributed by atoms with van der Waals surface area (Å²) in [6.45, 7) is 2.07. The Hall–Kier alpha value is -1.26. The molecule has 96 valence electrons. The van der Waals surface area contributed by atoms with Crippen LogP contribution in [0.15, 0.2) is 18.2 Å². The molecule has 0 amide bonds. The fourth-order valence-electron chi connectivity index (χ4n) is 2.61. The number of hydrogen-bond acceptors (Lipinski definition) is 3. The topological polar surface area (TPSA) is 38.6 Å². The van der Waals surface area contributed by atoms with E-state index in [0.29, 0.717) is 11.1 Å². The van der Waals surface area contributed by atoms with Gasteiger partial charge in [0, 0.05) is 5.92 Å². The zero-order valence-corrected chi connectivity index (χ0v) is 11.1. The third-order valence-corrected chi connectivity index (χ3v) is 3.80. The summed E-state index contributed by atoms with van der Waals surface area (Å²) in [5.41, 5.74) is 0.921. The van der Waals surface area contributed by atoms with Gasteiger partial charge in [-0.15, -0.1) is 0 Å². The van der Waals surface area contributed by atoms with Crippen LogP contribution < -0.4 is 10.1 Å². The molecule has 0 unspecified atom stereocenters. The van der Waals surface area contributed by atoms with Gasteiger partial charge in [-0.1, -0.05) is 17.7 Å². The number of hydrogen-bond donors (Lipinski definition) is 1. The van der Waals surface area contributed by atoms with Crippen LogP contribution in [0.1, 0.15) is 24.6 Å².